The predicted molar refractivity (Wildman–Crippen MR) is 80.0 cm³/mol. The van der Waals surface area contributed by atoms with Crippen molar-refractivity contribution in [3.63, 3.8) is 0 Å². The second kappa shape index (κ2) is 7.08. The van der Waals surface area contributed by atoms with Crippen LogP contribution in [-0.4, -0.2) is 18.9 Å². The highest BCUT2D eigenvalue weighted by Crippen LogP contribution is 2.32. The maximum absolute atomic E-state index is 11.0. The first-order valence-electron chi connectivity index (χ1n) is 7.19. The molecule has 1 fully saturated rings. The maximum atomic E-state index is 11.0. The zero-order valence-electron chi connectivity index (χ0n) is 12.2. The molecule has 2 rings (SSSR count). The number of ether oxygens (including phenoxy) is 1. The Hall–Kier alpha value is -1.84. The highest BCUT2D eigenvalue weighted by Gasteiger charge is 2.15. The molecule has 0 aromatic heterocycles. The van der Waals surface area contributed by atoms with Gasteiger partial charge in [0.25, 0.3) is 0 Å². The molecule has 1 N–H and O–H groups in total. The SMILES string of the molecule is COC(=O)NN=C(C)c1ccc(C2CCCCC2)cc1. The van der Waals surface area contributed by atoms with Crippen molar-refractivity contribution in [2.45, 2.75) is 44.9 Å². The Morgan fingerprint density at radius 3 is 2.45 bits per heavy atom. The number of hydrazone groups is 1. The summed E-state index contributed by atoms with van der Waals surface area (Å²) in [7, 11) is 1.32. The smallest absolute Gasteiger partial charge is 0.427 e. The summed E-state index contributed by atoms with van der Waals surface area (Å²) in [5, 5.41) is 4.00. The van der Waals surface area contributed by atoms with Gasteiger partial charge in [0.1, 0.15) is 0 Å². The Bertz CT molecular complexity index is 474. The summed E-state index contributed by atoms with van der Waals surface area (Å²) < 4.78 is 4.48. The molecular formula is C16H22N2O2. The van der Waals surface area contributed by atoms with Crippen LogP contribution in [0.25, 0.3) is 0 Å². The minimum atomic E-state index is -0.553. The summed E-state index contributed by atoms with van der Waals surface area (Å²) >= 11 is 0. The summed E-state index contributed by atoms with van der Waals surface area (Å²) in [4.78, 5) is 11.0. The van der Waals surface area contributed by atoms with E-state index in [2.05, 4.69) is 39.5 Å². The molecule has 108 valence electrons. The first-order chi connectivity index (χ1) is 9.70. The van der Waals surface area contributed by atoms with Gasteiger partial charge < -0.3 is 4.74 Å². The first kappa shape index (κ1) is 14.6. The largest absolute Gasteiger partial charge is 0.452 e. The summed E-state index contributed by atoms with van der Waals surface area (Å²) in [6.45, 7) is 1.87. The van der Waals surface area contributed by atoms with Crippen molar-refractivity contribution in [2.75, 3.05) is 7.11 Å². The molecule has 0 radical (unpaired) electrons. The minimum absolute atomic E-state index is 0.553. The molecule has 1 saturated carbocycles. The molecule has 1 aliphatic rings. The normalized spacial score (nSPS) is 16.8. The number of benzene rings is 1. The molecule has 0 saturated heterocycles. The van der Waals surface area contributed by atoms with Crippen LogP contribution >= 0.6 is 0 Å². The van der Waals surface area contributed by atoms with E-state index in [1.165, 1.54) is 44.8 Å². The molecule has 1 aliphatic carbocycles. The zero-order chi connectivity index (χ0) is 14.4. The van der Waals surface area contributed by atoms with Gasteiger partial charge in [-0.15, -0.1) is 0 Å². The van der Waals surface area contributed by atoms with E-state index in [4.69, 9.17) is 0 Å². The van der Waals surface area contributed by atoms with Gasteiger partial charge in [-0.1, -0.05) is 43.5 Å². The predicted octanol–water partition coefficient (Wildman–Crippen LogP) is 3.81. The van der Waals surface area contributed by atoms with Crippen LogP contribution in [0, 0.1) is 0 Å². The Morgan fingerprint density at radius 1 is 1.20 bits per heavy atom. The van der Waals surface area contributed by atoms with Crippen LogP contribution < -0.4 is 5.43 Å². The molecule has 0 heterocycles. The van der Waals surface area contributed by atoms with E-state index in [9.17, 15) is 4.79 Å². The summed E-state index contributed by atoms with van der Waals surface area (Å²) in [5.41, 5.74) is 5.54. The third-order valence-electron chi connectivity index (χ3n) is 3.91. The van der Waals surface area contributed by atoms with E-state index in [1.54, 1.807) is 0 Å². The van der Waals surface area contributed by atoms with Gasteiger partial charge in [0.05, 0.1) is 12.8 Å². The number of amides is 1. The molecule has 0 atom stereocenters. The molecule has 4 heteroatoms. The van der Waals surface area contributed by atoms with Crippen LogP contribution in [0.1, 0.15) is 56.1 Å². The van der Waals surface area contributed by atoms with Crippen molar-refractivity contribution in [1.29, 1.82) is 0 Å². The van der Waals surface area contributed by atoms with Crippen LogP contribution in [0.15, 0.2) is 29.4 Å². The van der Waals surface area contributed by atoms with Gasteiger partial charge >= 0.3 is 6.09 Å². The number of hydrogen-bond acceptors (Lipinski definition) is 3. The van der Waals surface area contributed by atoms with Crippen molar-refractivity contribution >= 4 is 11.8 Å². The number of rotatable bonds is 3. The summed E-state index contributed by atoms with van der Waals surface area (Å²) in [6.07, 6.45) is 6.11. The van der Waals surface area contributed by atoms with Crippen LogP contribution in [0.4, 0.5) is 4.79 Å². The second-order valence-electron chi connectivity index (χ2n) is 5.26. The molecule has 1 aromatic carbocycles. The number of methoxy groups -OCH3 is 1. The van der Waals surface area contributed by atoms with E-state index in [-0.39, 0.29) is 0 Å². The molecule has 0 spiro atoms. The lowest BCUT2D eigenvalue weighted by atomic mass is 9.84. The van der Waals surface area contributed by atoms with Gasteiger partial charge in [-0.05, 0) is 36.8 Å². The number of nitrogens with zero attached hydrogens (tertiary/aromatic N) is 1. The fourth-order valence-electron chi connectivity index (χ4n) is 2.67. The lowest BCUT2D eigenvalue weighted by Crippen LogP contribution is -2.18. The fourth-order valence-corrected chi connectivity index (χ4v) is 2.67. The van der Waals surface area contributed by atoms with Crippen molar-refractivity contribution in [3.8, 4) is 0 Å². The van der Waals surface area contributed by atoms with Gasteiger partial charge in [0, 0.05) is 0 Å². The van der Waals surface area contributed by atoms with Crippen LogP contribution in [0.3, 0.4) is 0 Å². The molecule has 1 amide bonds. The van der Waals surface area contributed by atoms with Crippen molar-refractivity contribution in [1.82, 2.24) is 5.43 Å². The Morgan fingerprint density at radius 2 is 1.85 bits per heavy atom. The standard InChI is InChI=1S/C16H22N2O2/c1-12(17-18-16(19)20-2)13-8-10-15(11-9-13)14-6-4-3-5-7-14/h8-11,14H,3-7H2,1-2H3,(H,18,19). The molecule has 0 bridgehead atoms. The van der Waals surface area contributed by atoms with Crippen LogP contribution in [0.2, 0.25) is 0 Å². The van der Waals surface area contributed by atoms with Crippen LogP contribution in [0.5, 0.6) is 0 Å². The lowest BCUT2D eigenvalue weighted by molar-refractivity contribution is 0.171. The molecule has 20 heavy (non-hydrogen) atoms. The fraction of sp³-hybridized carbons (Fsp3) is 0.500. The minimum Gasteiger partial charge on any atom is -0.452 e. The van der Waals surface area contributed by atoms with Crippen molar-refractivity contribution in [2.24, 2.45) is 5.10 Å². The molecular weight excluding hydrogens is 252 g/mol. The van der Waals surface area contributed by atoms with Crippen molar-refractivity contribution < 1.29 is 9.53 Å². The number of nitrogens with one attached hydrogen (secondary N) is 1. The third-order valence-corrected chi connectivity index (χ3v) is 3.91. The number of carbonyl (C=O) groups is 1. The average Bonchev–Trinajstić information content (AvgIpc) is 2.53. The molecule has 0 aliphatic heterocycles. The van der Waals surface area contributed by atoms with E-state index in [0.29, 0.717) is 5.92 Å². The Labute approximate surface area is 120 Å². The summed E-state index contributed by atoms with van der Waals surface area (Å²) in [5.74, 6) is 0.711. The quantitative estimate of drug-likeness (QED) is 0.673. The van der Waals surface area contributed by atoms with Gasteiger partial charge in [-0.2, -0.15) is 5.10 Å². The topological polar surface area (TPSA) is 50.7 Å². The number of hydrogen-bond donors (Lipinski definition) is 1. The first-order valence-corrected chi connectivity index (χ1v) is 7.19. The van der Waals surface area contributed by atoms with E-state index in [1.807, 2.05) is 6.92 Å². The van der Waals surface area contributed by atoms with Gasteiger partial charge in [0.15, 0.2) is 0 Å². The van der Waals surface area contributed by atoms with E-state index < -0.39 is 6.09 Å². The number of carbonyl (C=O) groups excluding carboxylic acids is 1. The van der Waals surface area contributed by atoms with E-state index >= 15 is 0 Å². The van der Waals surface area contributed by atoms with Gasteiger partial charge in [0.2, 0.25) is 0 Å². The third kappa shape index (κ3) is 3.83. The lowest BCUT2D eigenvalue weighted by Gasteiger charge is -2.22. The monoisotopic (exact) mass is 274 g/mol. The van der Waals surface area contributed by atoms with Crippen molar-refractivity contribution in [3.05, 3.63) is 35.4 Å². The zero-order valence-corrected chi connectivity index (χ0v) is 12.2. The molecule has 1 aromatic rings. The Kier molecular flexibility index (Phi) is 5.16. The van der Waals surface area contributed by atoms with Gasteiger partial charge in [-0.25, -0.2) is 10.2 Å². The second-order valence-corrected chi connectivity index (χ2v) is 5.26. The Balaban J connectivity index is 2.01. The summed E-state index contributed by atoms with van der Waals surface area (Å²) in [6, 6.07) is 8.51. The van der Waals surface area contributed by atoms with E-state index in [0.717, 1.165) is 11.3 Å². The maximum Gasteiger partial charge on any atom is 0.427 e. The van der Waals surface area contributed by atoms with Crippen LogP contribution in [-0.2, 0) is 4.74 Å². The molecule has 4 nitrogen and oxygen atoms in total. The highest BCUT2D eigenvalue weighted by atomic mass is 16.5. The average molecular weight is 274 g/mol. The molecule has 0 unspecified atom stereocenters. The van der Waals surface area contributed by atoms with Gasteiger partial charge in [-0.3, -0.25) is 0 Å². The highest BCUT2D eigenvalue weighted by molar-refractivity contribution is 5.99.